The lowest BCUT2D eigenvalue weighted by molar-refractivity contribution is 0.797. The van der Waals surface area contributed by atoms with E-state index in [9.17, 15) is 0 Å². The highest BCUT2D eigenvalue weighted by Crippen LogP contribution is 2.05. The van der Waals surface area contributed by atoms with Crippen molar-refractivity contribution in [1.29, 1.82) is 0 Å². The largest absolute Gasteiger partial charge is 0.333 e. The van der Waals surface area contributed by atoms with Crippen LogP contribution in [0.2, 0.25) is 0 Å². The summed E-state index contributed by atoms with van der Waals surface area (Å²) in [6.45, 7) is 2.71. The smallest absolute Gasteiger partial charge is 0.0949 e. The molecule has 2 heteroatoms. The van der Waals surface area contributed by atoms with Gasteiger partial charge in [0, 0.05) is 24.5 Å². The van der Waals surface area contributed by atoms with E-state index in [1.807, 2.05) is 36.1 Å². The van der Waals surface area contributed by atoms with Crippen LogP contribution in [0.5, 0.6) is 0 Å². The Bertz CT molecular complexity index is 469. The first kappa shape index (κ1) is 9.54. The molecule has 0 aliphatic heterocycles. The minimum absolute atomic E-state index is 0.861. The van der Waals surface area contributed by atoms with E-state index in [4.69, 9.17) is 0 Å². The van der Waals surface area contributed by atoms with Gasteiger partial charge in [0.05, 0.1) is 6.33 Å². The fourth-order valence-corrected chi connectivity index (χ4v) is 1.43. The van der Waals surface area contributed by atoms with Crippen LogP contribution in [0.3, 0.4) is 0 Å². The topological polar surface area (TPSA) is 17.8 Å². The molecule has 0 atom stereocenters. The molecule has 1 aromatic carbocycles. The van der Waals surface area contributed by atoms with Crippen LogP contribution in [0.1, 0.15) is 18.1 Å². The van der Waals surface area contributed by atoms with Crippen LogP contribution >= 0.6 is 0 Å². The number of imidazole rings is 1. The van der Waals surface area contributed by atoms with Crippen molar-refractivity contribution in [2.45, 2.75) is 13.5 Å². The van der Waals surface area contributed by atoms with Crippen molar-refractivity contribution in [1.82, 2.24) is 9.55 Å². The monoisotopic (exact) mass is 196 g/mol. The number of hydrogen-bond acceptors (Lipinski definition) is 1. The van der Waals surface area contributed by atoms with Gasteiger partial charge >= 0.3 is 0 Å². The van der Waals surface area contributed by atoms with Gasteiger partial charge in [-0.05, 0) is 24.6 Å². The van der Waals surface area contributed by atoms with Crippen molar-refractivity contribution in [3.63, 3.8) is 0 Å². The van der Waals surface area contributed by atoms with E-state index in [-0.39, 0.29) is 0 Å². The van der Waals surface area contributed by atoms with Crippen LogP contribution in [0.15, 0.2) is 43.0 Å². The Kier molecular flexibility index (Phi) is 2.85. The average Bonchev–Trinajstić information content (AvgIpc) is 2.74. The molecule has 0 aliphatic rings. The number of rotatable bonds is 2. The zero-order valence-electron chi connectivity index (χ0n) is 8.64. The average molecular weight is 196 g/mol. The first-order valence-electron chi connectivity index (χ1n) is 4.86. The van der Waals surface area contributed by atoms with Gasteiger partial charge < -0.3 is 4.57 Å². The van der Waals surface area contributed by atoms with Crippen LogP contribution in [-0.4, -0.2) is 9.55 Å². The fraction of sp³-hybridized carbons (Fsp3) is 0.154. The van der Waals surface area contributed by atoms with Crippen molar-refractivity contribution < 1.29 is 0 Å². The lowest BCUT2D eigenvalue weighted by Gasteiger charge is -2.01. The molecule has 2 rings (SSSR count). The maximum absolute atomic E-state index is 4.01. The van der Waals surface area contributed by atoms with E-state index < -0.39 is 0 Å². The first-order chi connectivity index (χ1) is 7.38. The van der Waals surface area contributed by atoms with Crippen LogP contribution in [0.25, 0.3) is 0 Å². The van der Waals surface area contributed by atoms with Gasteiger partial charge in [0.2, 0.25) is 0 Å². The minimum Gasteiger partial charge on any atom is -0.333 e. The van der Waals surface area contributed by atoms with E-state index in [0.29, 0.717) is 0 Å². The van der Waals surface area contributed by atoms with Gasteiger partial charge in [0.15, 0.2) is 0 Å². The van der Waals surface area contributed by atoms with Gasteiger partial charge in [0.25, 0.3) is 0 Å². The molecular formula is C13H12N2. The van der Waals surface area contributed by atoms with Crippen molar-refractivity contribution in [3.05, 3.63) is 54.1 Å². The Morgan fingerprint density at radius 1 is 1.27 bits per heavy atom. The number of aromatic nitrogens is 2. The molecule has 0 N–H and O–H groups in total. The molecule has 2 nitrogen and oxygen atoms in total. The number of nitrogens with zero attached hydrogens (tertiary/aromatic N) is 2. The lowest BCUT2D eigenvalue weighted by atomic mass is 10.1. The molecule has 0 amide bonds. The summed E-state index contributed by atoms with van der Waals surface area (Å²) >= 11 is 0. The van der Waals surface area contributed by atoms with Gasteiger partial charge in [-0.3, -0.25) is 0 Å². The highest BCUT2D eigenvalue weighted by Gasteiger charge is 1.94. The maximum atomic E-state index is 4.01. The number of hydrogen-bond donors (Lipinski definition) is 0. The fourth-order valence-electron chi connectivity index (χ4n) is 1.43. The molecule has 0 saturated carbocycles. The van der Waals surface area contributed by atoms with E-state index in [1.165, 1.54) is 5.56 Å². The molecule has 0 unspecified atom stereocenters. The van der Waals surface area contributed by atoms with Crippen molar-refractivity contribution in [2.24, 2.45) is 0 Å². The summed E-state index contributed by atoms with van der Waals surface area (Å²) in [7, 11) is 0. The molecule has 0 saturated heterocycles. The van der Waals surface area contributed by atoms with Crippen molar-refractivity contribution in [3.8, 4) is 11.8 Å². The molecule has 0 aliphatic carbocycles. The standard InChI is InChI=1S/C13H12N2/c1-2-3-12-4-6-13(7-5-12)10-15-9-8-14-11-15/h4-9,11H,10H2,1H3. The third-order valence-electron chi connectivity index (χ3n) is 2.15. The Balaban J connectivity index is 2.13. The summed E-state index contributed by atoms with van der Waals surface area (Å²) in [6.07, 6.45) is 5.57. The van der Waals surface area contributed by atoms with Crippen molar-refractivity contribution in [2.75, 3.05) is 0 Å². The third-order valence-corrected chi connectivity index (χ3v) is 2.15. The molecule has 0 spiro atoms. The number of benzene rings is 1. The van der Waals surface area contributed by atoms with Gasteiger partial charge in [-0.25, -0.2) is 4.98 Å². The van der Waals surface area contributed by atoms with E-state index in [2.05, 4.69) is 29.0 Å². The molecule has 0 bridgehead atoms. The first-order valence-corrected chi connectivity index (χ1v) is 4.86. The van der Waals surface area contributed by atoms with Gasteiger partial charge in [-0.2, -0.15) is 0 Å². The molecular weight excluding hydrogens is 184 g/mol. The SMILES string of the molecule is CC#Cc1ccc(Cn2ccnc2)cc1. The van der Waals surface area contributed by atoms with Gasteiger partial charge in [-0.15, -0.1) is 5.92 Å². The highest BCUT2D eigenvalue weighted by atomic mass is 15.0. The predicted molar refractivity (Wildman–Crippen MR) is 60.3 cm³/mol. The van der Waals surface area contributed by atoms with E-state index >= 15 is 0 Å². The van der Waals surface area contributed by atoms with Crippen molar-refractivity contribution >= 4 is 0 Å². The summed E-state index contributed by atoms with van der Waals surface area (Å²) in [5, 5.41) is 0. The second-order valence-electron chi connectivity index (χ2n) is 3.31. The molecule has 1 heterocycles. The molecule has 0 radical (unpaired) electrons. The maximum Gasteiger partial charge on any atom is 0.0949 e. The van der Waals surface area contributed by atoms with Gasteiger partial charge in [0.1, 0.15) is 0 Å². The molecule has 15 heavy (non-hydrogen) atoms. The predicted octanol–water partition coefficient (Wildman–Crippen LogP) is 2.30. The van der Waals surface area contributed by atoms with Gasteiger partial charge in [-0.1, -0.05) is 18.1 Å². The van der Waals surface area contributed by atoms with E-state index in [0.717, 1.165) is 12.1 Å². The minimum atomic E-state index is 0.861. The molecule has 74 valence electrons. The van der Waals surface area contributed by atoms with Crippen LogP contribution in [0.4, 0.5) is 0 Å². The Labute approximate surface area is 89.6 Å². The zero-order valence-corrected chi connectivity index (χ0v) is 8.64. The Hall–Kier alpha value is -2.01. The molecule has 1 aromatic heterocycles. The van der Waals surface area contributed by atoms with Crippen LogP contribution in [0, 0.1) is 11.8 Å². The summed E-state index contributed by atoms with van der Waals surface area (Å²) < 4.78 is 2.04. The second-order valence-corrected chi connectivity index (χ2v) is 3.31. The summed E-state index contributed by atoms with van der Waals surface area (Å²) in [6, 6.07) is 8.28. The highest BCUT2D eigenvalue weighted by molar-refractivity contribution is 5.35. The normalized spacial score (nSPS) is 9.40. The molecule has 2 aromatic rings. The quantitative estimate of drug-likeness (QED) is 0.674. The molecule has 0 fully saturated rings. The van der Waals surface area contributed by atoms with Crippen LogP contribution in [-0.2, 0) is 6.54 Å². The van der Waals surface area contributed by atoms with E-state index in [1.54, 1.807) is 6.20 Å². The Morgan fingerprint density at radius 3 is 2.67 bits per heavy atom. The summed E-state index contributed by atoms with van der Waals surface area (Å²) in [5.41, 5.74) is 2.32. The second kappa shape index (κ2) is 4.47. The third kappa shape index (κ3) is 2.47. The van der Waals surface area contributed by atoms with Crippen LogP contribution < -0.4 is 0 Å². The zero-order chi connectivity index (χ0) is 10.5. The Morgan fingerprint density at radius 2 is 2.07 bits per heavy atom. The summed E-state index contributed by atoms with van der Waals surface area (Å²) in [5.74, 6) is 5.91. The summed E-state index contributed by atoms with van der Waals surface area (Å²) in [4.78, 5) is 4.01. The lowest BCUT2D eigenvalue weighted by Crippen LogP contribution is -1.95.